The van der Waals surface area contributed by atoms with Crippen molar-refractivity contribution in [2.45, 2.75) is 65.2 Å². The number of hydrogen-bond acceptors (Lipinski definition) is 3. The Morgan fingerprint density at radius 1 is 1.21 bits per heavy atom. The van der Waals surface area contributed by atoms with Crippen LogP contribution in [-0.2, 0) is 20.3 Å². The van der Waals surface area contributed by atoms with Gasteiger partial charge in [0.2, 0.25) is 0 Å². The highest BCUT2D eigenvalue weighted by Gasteiger charge is 2.33. The third-order valence-electron chi connectivity index (χ3n) is 4.65. The van der Waals surface area contributed by atoms with Crippen molar-refractivity contribution in [2.75, 3.05) is 13.0 Å². The summed E-state index contributed by atoms with van der Waals surface area (Å²) in [5.74, 6) is 0. The fourth-order valence-electron chi connectivity index (χ4n) is 3.04. The van der Waals surface area contributed by atoms with Gasteiger partial charge in [-0.3, -0.25) is 4.57 Å². The second kappa shape index (κ2) is 13.4. The molecule has 0 aliphatic carbocycles. The minimum atomic E-state index is -4.39. The van der Waals surface area contributed by atoms with Crippen LogP contribution in [0.3, 0.4) is 0 Å². The van der Waals surface area contributed by atoms with E-state index >= 15 is 0 Å². The zero-order chi connectivity index (χ0) is 21.9. The molecule has 2 atom stereocenters. The monoisotopic (exact) mass is 442 g/mol. The second-order valence-electron chi connectivity index (χ2n) is 7.65. The van der Waals surface area contributed by atoms with Crippen LogP contribution in [0.2, 0.25) is 0 Å². The Balaban J connectivity index is 2.59. The predicted molar refractivity (Wildman–Crippen MR) is 123 cm³/mol. The maximum atomic E-state index is 12.2. The minimum absolute atomic E-state index is 0.0645. The number of hydrogen-bond donors (Lipinski definition) is 2. The van der Waals surface area contributed by atoms with Gasteiger partial charge in [0, 0.05) is 6.61 Å². The van der Waals surface area contributed by atoms with Gasteiger partial charge in [-0.15, -0.1) is 0 Å². The highest BCUT2D eigenvalue weighted by Crippen LogP contribution is 2.55. The number of ether oxygens (including phenoxy) is 1. The summed E-state index contributed by atoms with van der Waals surface area (Å²) in [4.78, 5) is 19.1. The van der Waals surface area contributed by atoms with Crippen LogP contribution in [0.4, 0.5) is 0 Å². The third kappa shape index (κ3) is 11.1. The van der Waals surface area contributed by atoms with E-state index in [4.69, 9.17) is 4.74 Å². The lowest BCUT2D eigenvalue weighted by molar-refractivity contribution is 0.193. The van der Waals surface area contributed by atoms with Crippen LogP contribution in [-0.4, -0.2) is 28.1 Å². The van der Waals surface area contributed by atoms with Crippen LogP contribution in [0.25, 0.3) is 6.08 Å². The van der Waals surface area contributed by atoms with E-state index in [0.29, 0.717) is 19.4 Å². The fraction of sp³-hybridized carbons (Fsp3) is 0.545. The Morgan fingerprint density at radius 3 is 2.41 bits per heavy atom. The van der Waals surface area contributed by atoms with Crippen molar-refractivity contribution in [1.82, 2.24) is 0 Å². The van der Waals surface area contributed by atoms with Gasteiger partial charge in [0.25, 0.3) is 0 Å². The van der Waals surface area contributed by atoms with Crippen molar-refractivity contribution >= 4 is 21.5 Å². The Kier molecular flexibility index (Phi) is 12.0. The Labute approximate surface area is 176 Å². The standard InChI is InChI=1S/C22H36O5P2/c1-5-27-17-28(23)22(29(24,25)26)11-7-10-20-12-14-21(15-13-20)16-19(4)9-6-8-18(2)3/h8,12-16,22,28H,5-7,9-11,17H2,1-4H3,(H2,24,25,26)/b19-16+. The molecule has 1 aromatic carbocycles. The molecular formula is C22H36O5P2. The van der Waals surface area contributed by atoms with Crippen molar-refractivity contribution in [2.24, 2.45) is 0 Å². The highest BCUT2D eigenvalue weighted by atomic mass is 31.2. The molecule has 0 heterocycles. The molecule has 0 aliphatic rings. The molecule has 29 heavy (non-hydrogen) atoms. The van der Waals surface area contributed by atoms with Gasteiger partial charge < -0.3 is 19.1 Å². The summed E-state index contributed by atoms with van der Waals surface area (Å²) < 4.78 is 29.0. The third-order valence-corrected chi connectivity index (χ3v) is 9.12. The minimum Gasteiger partial charge on any atom is -0.374 e. The van der Waals surface area contributed by atoms with Crippen molar-refractivity contribution in [3.8, 4) is 0 Å². The van der Waals surface area contributed by atoms with Crippen molar-refractivity contribution < 1.29 is 23.7 Å². The van der Waals surface area contributed by atoms with Crippen molar-refractivity contribution in [3.05, 3.63) is 52.6 Å². The SMILES string of the molecule is CCOC[PH](=O)C(CCCc1ccc(/C=C(\C)CCC=C(C)C)cc1)P(=O)(O)O. The van der Waals surface area contributed by atoms with Crippen molar-refractivity contribution in [1.29, 1.82) is 0 Å². The van der Waals surface area contributed by atoms with E-state index in [0.717, 1.165) is 24.0 Å². The van der Waals surface area contributed by atoms with Gasteiger partial charge >= 0.3 is 7.60 Å². The second-order valence-corrected chi connectivity index (χ2v) is 11.9. The number of rotatable bonds is 13. The van der Waals surface area contributed by atoms with E-state index in [1.807, 2.05) is 12.1 Å². The molecule has 0 saturated heterocycles. The molecule has 2 unspecified atom stereocenters. The molecule has 1 aromatic rings. The molecule has 0 saturated carbocycles. The first kappa shape index (κ1) is 26.1. The molecule has 0 fully saturated rings. The average Bonchev–Trinajstić information content (AvgIpc) is 2.63. The molecule has 0 amide bonds. The average molecular weight is 442 g/mol. The van der Waals surface area contributed by atoms with Gasteiger partial charge in [-0.2, -0.15) is 0 Å². The van der Waals surface area contributed by atoms with E-state index in [1.54, 1.807) is 6.92 Å². The van der Waals surface area contributed by atoms with Crippen LogP contribution >= 0.6 is 15.4 Å². The number of aryl methyl sites for hydroxylation is 1. The lowest BCUT2D eigenvalue weighted by atomic mass is 10.0. The zero-order valence-corrected chi connectivity index (χ0v) is 20.0. The number of allylic oxidation sites excluding steroid dienone is 3. The molecule has 164 valence electrons. The molecule has 1 rings (SSSR count). The van der Waals surface area contributed by atoms with E-state index in [-0.39, 0.29) is 12.8 Å². The first-order valence-corrected chi connectivity index (χ1v) is 13.6. The fourth-order valence-corrected chi connectivity index (χ4v) is 6.41. The maximum absolute atomic E-state index is 12.2. The largest absolute Gasteiger partial charge is 0.374 e. The van der Waals surface area contributed by atoms with E-state index < -0.39 is 20.8 Å². The number of benzene rings is 1. The molecule has 5 nitrogen and oxygen atoms in total. The van der Waals surface area contributed by atoms with Gasteiger partial charge in [0.05, 0.1) is 6.35 Å². The topological polar surface area (TPSA) is 83.8 Å². The Bertz CT molecular complexity index is 743. The zero-order valence-electron chi connectivity index (χ0n) is 18.1. The van der Waals surface area contributed by atoms with Crippen molar-refractivity contribution in [3.63, 3.8) is 0 Å². The van der Waals surface area contributed by atoms with Crippen LogP contribution in [0, 0.1) is 0 Å². The normalized spacial score (nSPS) is 14.5. The summed E-state index contributed by atoms with van der Waals surface area (Å²) in [6, 6.07) is 8.23. The predicted octanol–water partition coefficient (Wildman–Crippen LogP) is 6.22. The molecule has 0 spiro atoms. The first-order chi connectivity index (χ1) is 13.6. The highest BCUT2D eigenvalue weighted by molar-refractivity contribution is 7.67. The summed E-state index contributed by atoms with van der Waals surface area (Å²) in [6.07, 6.45) is 7.97. The van der Waals surface area contributed by atoms with Gasteiger partial charge in [0.15, 0.2) is 0 Å². The molecule has 2 N–H and O–H groups in total. The van der Waals surface area contributed by atoms with Gasteiger partial charge in [-0.25, -0.2) is 0 Å². The Hall–Kier alpha value is -0.960. The summed E-state index contributed by atoms with van der Waals surface area (Å²) in [5.41, 5.74) is 4.93. The van der Waals surface area contributed by atoms with E-state index in [9.17, 15) is 18.9 Å². The van der Waals surface area contributed by atoms with E-state index in [1.165, 1.54) is 11.1 Å². The van der Waals surface area contributed by atoms with Crippen LogP contribution in [0.1, 0.15) is 64.5 Å². The summed E-state index contributed by atoms with van der Waals surface area (Å²) in [5, 5.41) is -1.09. The molecular weight excluding hydrogens is 406 g/mol. The molecule has 7 heteroatoms. The summed E-state index contributed by atoms with van der Waals surface area (Å²) in [6.45, 7) is 8.51. The van der Waals surface area contributed by atoms with Crippen LogP contribution < -0.4 is 0 Å². The summed E-state index contributed by atoms with van der Waals surface area (Å²) in [7, 11) is -6.87. The van der Waals surface area contributed by atoms with Gasteiger partial charge in [-0.1, -0.05) is 47.6 Å². The van der Waals surface area contributed by atoms with Gasteiger partial charge in [0.1, 0.15) is 13.2 Å². The molecule has 0 aliphatic heterocycles. The molecule has 0 aromatic heterocycles. The smallest absolute Gasteiger partial charge is 0.335 e. The lowest BCUT2D eigenvalue weighted by Crippen LogP contribution is -2.07. The van der Waals surface area contributed by atoms with Crippen LogP contribution in [0.5, 0.6) is 0 Å². The van der Waals surface area contributed by atoms with Crippen LogP contribution in [0.15, 0.2) is 41.5 Å². The first-order valence-electron chi connectivity index (χ1n) is 10.2. The lowest BCUT2D eigenvalue weighted by Gasteiger charge is -2.18. The quantitative estimate of drug-likeness (QED) is 0.280. The molecule has 0 radical (unpaired) electrons. The van der Waals surface area contributed by atoms with Gasteiger partial charge in [-0.05, 0) is 70.9 Å². The maximum Gasteiger partial charge on any atom is 0.335 e. The Morgan fingerprint density at radius 2 is 1.86 bits per heavy atom. The molecule has 0 bridgehead atoms. The summed E-state index contributed by atoms with van der Waals surface area (Å²) >= 11 is 0. The van der Waals surface area contributed by atoms with E-state index in [2.05, 4.69) is 45.1 Å².